The van der Waals surface area contributed by atoms with Crippen LogP contribution in [0.4, 0.5) is 11.6 Å². The van der Waals surface area contributed by atoms with Crippen LogP contribution < -0.4 is 5.32 Å². The van der Waals surface area contributed by atoms with Gasteiger partial charge in [0.1, 0.15) is 11.6 Å². The van der Waals surface area contributed by atoms with Gasteiger partial charge in [-0.25, -0.2) is 9.97 Å². The van der Waals surface area contributed by atoms with Crippen LogP contribution in [0.15, 0.2) is 97.1 Å². The summed E-state index contributed by atoms with van der Waals surface area (Å²) in [5, 5.41) is 5.88. The molecule has 31 heavy (non-hydrogen) atoms. The zero-order chi connectivity index (χ0) is 20.6. The van der Waals surface area contributed by atoms with Gasteiger partial charge in [0.2, 0.25) is 0 Å². The molecule has 4 aromatic heterocycles. The second-order valence-electron chi connectivity index (χ2n) is 7.24. The topological polar surface area (TPSA) is 37.8 Å². The zero-order valence-corrected chi connectivity index (χ0v) is 18.1. The molecule has 0 aliphatic carbocycles. The molecule has 6 rings (SSSR count). The van der Waals surface area contributed by atoms with Crippen LogP contribution >= 0.6 is 22.7 Å². The molecule has 0 bridgehead atoms. The number of fused-ring (bicyclic) bond motifs is 2. The molecule has 6 aromatic rings. The van der Waals surface area contributed by atoms with Gasteiger partial charge in [-0.3, -0.25) is 0 Å². The Morgan fingerprint density at radius 3 is 1.48 bits per heavy atom. The summed E-state index contributed by atoms with van der Waals surface area (Å²) in [6.45, 7) is 0. The number of benzene rings is 2. The molecule has 0 saturated carbocycles. The molecule has 0 saturated heterocycles. The normalized spacial score (nSPS) is 11.2. The standard InChI is InChI=1S/C26H17N3S2/c1-3-11-21-17(7-1)15-23(30-21)19-9-5-13-25(27-19)29-26-14-6-10-20(28-26)24-16-18-8-2-4-12-22(18)31-24/h1-16H,(H,27,28,29). The van der Waals surface area contributed by atoms with Gasteiger partial charge in [0, 0.05) is 9.40 Å². The summed E-state index contributed by atoms with van der Waals surface area (Å²) < 4.78 is 2.55. The summed E-state index contributed by atoms with van der Waals surface area (Å²) in [5.41, 5.74) is 1.93. The Bertz CT molecular complexity index is 1350. The van der Waals surface area contributed by atoms with E-state index in [0.29, 0.717) is 0 Å². The maximum absolute atomic E-state index is 4.83. The predicted molar refractivity (Wildman–Crippen MR) is 133 cm³/mol. The molecule has 0 aliphatic rings. The highest BCUT2D eigenvalue weighted by Gasteiger charge is 2.09. The number of anilines is 2. The molecule has 5 heteroatoms. The molecular weight excluding hydrogens is 418 g/mol. The SMILES string of the molecule is c1cc(Nc2cccc(-c3cc4ccccc4s3)n2)nc(-c2cc3ccccc3s2)c1. The summed E-state index contributed by atoms with van der Waals surface area (Å²) in [4.78, 5) is 12.0. The van der Waals surface area contributed by atoms with Gasteiger partial charge >= 0.3 is 0 Å². The first kappa shape index (κ1) is 18.2. The molecule has 4 heterocycles. The smallest absolute Gasteiger partial charge is 0.132 e. The molecule has 2 aromatic carbocycles. The van der Waals surface area contributed by atoms with E-state index in [1.807, 2.05) is 24.3 Å². The van der Waals surface area contributed by atoms with Crippen molar-refractivity contribution in [2.75, 3.05) is 5.32 Å². The lowest BCUT2D eigenvalue weighted by atomic mass is 10.2. The highest BCUT2D eigenvalue weighted by atomic mass is 32.1. The number of hydrogen-bond donors (Lipinski definition) is 1. The van der Waals surface area contributed by atoms with Crippen LogP contribution in [-0.2, 0) is 0 Å². The van der Waals surface area contributed by atoms with Crippen LogP contribution in [-0.4, -0.2) is 9.97 Å². The highest BCUT2D eigenvalue weighted by molar-refractivity contribution is 7.22. The van der Waals surface area contributed by atoms with Gasteiger partial charge in [-0.05, 0) is 59.3 Å². The van der Waals surface area contributed by atoms with E-state index in [2.05, 4.69) is 78.1 Å². The van der Waals surface area contributed by atoms with Crippen LogP contribution in [0.5, 0.6) is 0 Å². The molecule has 0 unspecified atom stereocenters. The van der Waals surface area contributed by atoms with Crippen molar-refractivity contribution in [3.05, 3.63) is 97.1 Å². The number of thiophene rings is 2. The molecule has 0 amide bonds. The van der Waals surface area contributed by atoms with Crippen LogP contribution in [0, 0.1) is 0 Å². The van der Waals surface area contributed by atoms with E-state index in [9.17, 15) is 0 Å². The van der Waals surface area contributed by atoms with E-state index in [1.54, 1.807) is 22.7 Å². The van der Waals surface area contributed by atoms with Gasteiger partial charge in [0.25, 0.3) is 0 Å². The summed E-state index contributed by atoms with van der Waals surface area (Å²) in [5.74, 6) is 1.58. The van der Waals surface area contributed by atoms with Crippen molar-refractivity contribution in [3.63, 3.8) is 0 Å². The number of aromatic nitrogens is 2. The summed E-state index contributed by atoms with van der Waals surface area (Å²) in [6, 6.07) is 33.4. The van der Waals surface area contributed by atoms with Crippen LogP contribution in [0.25, 0.3) is 41.3 Å². The van der Waals surface area contributed by atoms with Crippen molar-refractivity contribution in [2.45, 2.75) is 0 Å². The molecule has 0 aliphatic heterocycles. The van der Waals surface area contributed by atoms with E-state index in [-0.39, 0.29) is 0 Å². The molecule has 0 spiro atoms. The Hall–Kier alpha value is -3.54. The van der Waals surface area contributed by atoms with Crippen molar-refractivity contribution >= 4 is 54.5 Å². The fourth-order valence-corrected chi connectivity index (χ4v) is 5.70. The van der Waals surface area contributed by atoms with E-state index < -0.39 is 0 Å². The fourth-order valence-electron chi connectivity index (χ4n) is 3.63. The first-order chi connectivity index (χ1) is 15.3. The van der Waals surface area contributed by atoms with Gasteiger partial charge < -0.3 is 5.32 Å². The fraction of sp³-hybridized carbons (Fsp3) is 0. The quantitative estimate of drug-likeness (QED) is 0.305. The number of rotatable bonds is 4. The third-order valence-electron chi connectivity index (χ3n) is 5.11. The Morgan fingerprint density at radius 1 is 0.516 bits per heavy atom. The zero-order valence-electron chi connectivity index (χ0n) is 16.4. The molecule has 0 fully saturated rings. The number of nitrogens with zero attached hydrogens (tertiary/aromatic N) is 2. The minimum Gasteiger partial charge on any atom is -0.325 e. The lowest BCUT2D eigenvalue weighted by Crippen LogP contribution is -1.97. The van der Waals surface area contributed by atoms with Crippen LogP contribution in [0.2, 0.25) is 0 Å². The highest BCUT2D eigenvalue weighted by Crippen LogP contribution is 2.34. The monoisotopic (exact) mass is 435 g/mol. The Balaban J connectivity index is 1.30. The van der Waals surface area contributed by atoms with Crippen molar-refractivity contribution in [2.24, 2.45) is 0 Å². The van der Waals surface area contributed by atoms with Gasteiger partial charge in [-0.2, -0.15) is 0 Å². The van der Waals surface area contributed by atoms with E-state index in [4.69, 9.17) is 9.97 Å². The average molecular weight is 436 g/mol. The Labute approximate surface area is 187 Å². The van der Waals surface area contributed by atoms with Gasteiger partial charge in [-0.15, -0.1) is 22.7 Å². The molecule has 1 N–H and O–H groups in total. The molecule has 0 radical (unpaired) electrons. The Morgan fingerprint density at radius 2 is 1.00 bits per heavy atom. The number of nitrogens with one attached hydrogen (secondary N) is 1. The molecule has 0 atom stereocenters. The first-order valence-corrected chi connectivity index (χ1v) is 11.6. The van der Waals surface area contributed by atoms with Crippen LogP contribution in [0.3, 0.4) is 0 Å². The minimum absolute atomic E-state index is 0.788. The summed E-state index contributed by atoms with van der Waals surface area (Å²) >= 11 is 3.53. The van der Waals surface area contributed by atoms with E-state index in [1.165, 1.54) is 20.2 Å². The summed E-state index contributed by atoms with van der Waals surface area (Å²) in [7, 11) is 0. The maximum Gasteiger partial charge on any atom is 0.132 e. The molecular formula is C26H17N3S2. The third kappa shape index (κ3) is 3.58. The Kier molecular flexibility index (Phi) is 4.48. The van der Waals surface area contributed by atoms with E-state index >= 15 is 0 Å². The van der Waals surface area contributed by atoms with E-state index in [0.717, 1.165) is 32.8 Å². The van der Waals surface area contributed by atoms with Gasteiger partial charge in [-0.1, -0.05) is 48.5 Å². The maximum atomic E-state index is 4.83. The summed E-state index contributed by atoms with van der Waals surface area (Å²) in [6.07, 6.45) is 0. The van der Waals surface area contributed by atoms with Crippen molar-refractivity contribution in [3.8, 4) is 21.1 Å². The lowest BCUT2D eigenvalue weighted by Gasteiger charge is -2.07. The number of hydrogen-bond acceptors (Lipinski definition) is 5. The largest absolute Gasteiger partial charge is 0.325 e. The van der Waals surface area contributed by atoms with Gasteiger partial charge in [0.05, 0.1) is 21.1 Å². The number of pyridine rings is 2. The average Bonchev–Trinajstić information content (AvgIpc) is 3.44. The second kappa shape index (κ2) is 7.61. The first-order valence-electron chi connectivity index (χ1n) is 10.0. The second-order valence-corrected chi connectivity index (χ2v) is 9.41. The third-order valence-corrected chi connectivity index (χ3v) is 7.39. The predicted octanol–water partition coefficient (Wildman–Crippen LogP) is 7.98. The molecule has 148 valence electrons. The van der Waals surface area contributed by atoms with Crippen LogP contribution in [0.1, 0.15) is 0 Å². The molecule has 3 nitrogen and oxygen atoms in total. The lowest BCUT2D eigenvalue weighted by molar-refractivity contribution is 1.26. The van der Waals surface area contributed by atoms with Crippen molar-refractivity contribution in [1.82, 2.24) is 9.97 Å². The van der Waals surface area contributed by atoms with Crippen molar-refractivity contribution in [1.29, 1.82) is 0 Å². The minimum atomic E-state index is 0.788. The van der Waals surface area contributed by atoms with Crippen molar-refractivity contribution < 1.29 is 0 Å². The van der Waals surface area contributed by atoms with Gasteiger partial charge in [0.15, 0.2) is 0 Å².